The first-order valence-corrected chi connectivity index (χ1v) is 8.76. The van der Waals surface area contributed by atoms with Gasteiger partial charge in [0.25, 0.3) is 5.91 Å². The Bertz CT molecular complexity index is 997. The molecule has 28 heavy (non-hydrogen) atoms. The second-order valence-corrected chi connectivity index (χ2v) is 6.35. The fraction of sp³-hybridized carbons (Fsp3) is 0.136. The predicted octanol–water partition coefficient (Wildman–Crippen LogP) is 4.60. The van der Waals surface area contributed by atoms with E-state index in [-0.39, 0.29) is 17.4 Å². The van der Waals surface area contributed by atoms with E-state index in [0.717, 1.165) is 22.7 Å². The highest BCUT2D eigenvalue weighted by Gasteiger charge is 2.09. The van der Waals surface area contributed by atoms with Gasteiger partial charge >= 0.3 is 0 Å². The molecule has 6 heteroatoms. The number of ether oxygens (including phenoxy) is 1. The van der Waals surface area contributed by atoms with Crippen molar-refractivity contribution in [3.63, 3.8) is 0 Å². The number of amides is 1. The van der Waals surface area contributed by atoms with E-state index in [0.29, 0.717) is 11.3 Å². The Morgan fingerprint density at radius 1 is 0.964 bits per heavy atom. The lowest BCUT2D eigenvalue weighted by atomic mass is 10.1. The van der Waals surface area contributed by atoms with Crippen LogP contribution in [0.3, 0.4) is 0 Å². The van der Waals surface area contributed by atoms with Gasteiger partial charge in [0.15, 0.2) is 5.78 Å². The van der Waals surface area contributed by atoms with Crippen LogP contribution in [0, 0.1) is 6.92 Å². The quantitative estimate of drug-likeness (QED) is 0.616. The Hall–Kier alpha value is -3.67. The van der Waals surface area contributed by atoms with Gasteiger partial charge in [-0.1, -0.05) is 6.07 Å². The van der Waals surface area contributed by atoms with Gasteiger partial charge in [-0.25, -0.2) is 4.98 Å². The van der Waals surface area contributed by atoms with Crippen molar-refractivity contribution < 1.29 is 14.3 Å². The zero-order chi connectivity index (χ0) is 20.1. The average Bonchev–Trinajstić information content (AvgIpc) is 2.69. The molecule has 2 aromatic carbocycles. The maximum atomic E-state index is 12.4. The molecule has 3 rings (SSSR count). The fourth-order valence-corrected chi connectivity index (χ4v) is 2.66. The van der Waals surface area contributed by atoms with Crippen molar-refractivity contribution in [2.45, 2.75) is 13.8 Å². The zero-order valence-corrected chi connectivity index (χ0v) is 15.9. The molecule has 0 bridgehead atoms. The van der Waals surface area contributed by atoms with Crippen LogP contribution in [-0.2, 0) is 0 Å². The molecule has 1 heterocycles. The van der Waals surface area contributed by atoms with Gasteiger partial charge in [-0.3, -0.25) is 9.59 Å². The summed E-state index contributed by atoms with van der Waals surface area (Å²) in [5.74, 6) is 0.379. The first-order valence-electron chi connectivity index (χ1n) is 8.76. The number of aromatic nitrogens is 1. The second-order valence-electron chi connectivity index (χ2n) is 6.35. The molecule has 2 N–H and O–H groups in total. The van der Waals surface area contributed by atoms with Crippen LogP contribution in [0.2, 0.25) is 0 Å². The molecule has 0 saturated heterocycles. The molecule has 0 saturated carbocycles. The molecular weight excluding hydrogens is 354 g/mol. The van der Waals surface area contributed by atoms with Crippen LogP contribution in [0.25, 0.3) is 0 Å². The van der Waals surface area contributed by atoms with Crippen molar-refractivity contribution in [3.8, 4) is 5.75 Å². The summed E-state index contributed by atoms with van der Waals surface area (Å²) in [6.07, 6.45) is 1.59. The largest absolute Gasteiger partial charge is 0.495 e. The summed E-state index contributed by atoms with van der Waals surface area (Å²) in [6, 6.07) is 16.0. The lowest BCUT2D eigenvalue weighted by Crippen LogP contribution is -2.13. The summed E-state index contributed by atoms with van der Waals surface area (Å²) < 4.78 is 5.36. The number of rotatable bonds is 6. The SMILES string of the molecule is COc1ccc(C)cc1Nc1ccc(C(=O)Nc2ccc(C(C)=O)cc2)nc1. The average molecular weight is 375 g/mol. The van der Waals surface area contributed by atoms with Crippen molar-refractivity contribution in [2.24, 2.45) is 0 Å². The minimum atomic E-state index is -0.324. The van der Waals surface area contributed by atoms with Gasteiger partial charge in [-0.15, -0.1) is 0 Å². The molecule has 0 spiro atoms. The normalized spacial score (nSPS) is 10.2. The molecular formula is C22H21N3O3. The molecule has 0 atom stereocenters. The van der Waals surface area contributed by atoms with E-state index in [1.807, 2.05) is 25.1 Å². The summed E-state index contributed by atoms with van der Waals surface area (Å²) >= 11 is 0. The number of ketones is 1. The number of benzene rings is 2. The number of Topliss-reactive ketones (excluding diaryl/α,β-unsaturated/α-hetero) is 1. The van der Waals surface area contributed by atoms with Crippen molar-refractivity contribution in [3.05, 3.63) is 77.6 Å². The Morgan fingerprint density at radius 3 is 2.29 bits per heavy atom. The molecule has 0 fully saturated rings. The van der Waals surface area contributed by atoms with Gasteiger partial charge in [0.2, 0.25) is 0 Å². The highest BCUT2D eigenvalue weighted by molar-refractivity contribution is 6.03. The van der Waals surface area contributed by atoms with E-state index in [4.69, 9.17) is 4.74 Å². The van der Waals surface area contributed by atoms with Crippen molar-refractivity contribution in [1.29, 1.82) is 0 Å². The van der Waals surface area contributed by atoms with Gasteiger partial charge in [-0.05, 0) is 67.9 Å². The molecule has 0 radical (unpaired) electrons. The smallest absolute Gasteiger partial charge is 0.274 e. The van der Waals surface area contributed by atoms with E-state index in [1.54, 1.807) is 49.7 Å². The Labute approximate surface area is 163 Å². The molecule has 1 amide bonds. The second kappa shape index (κ2) is 8.35. The lowest BCUT2D eigenvalue weighted by molar-refractivity contribution is 0.101. The lowest BCUT2D eigenvalue weighted by Gasteiger charge is -2.12. The zero-order valence-electron chi connectivity index (χ0n) is 15.9. The number of pyridine rings is 1. The van der Waals surface area contributed by atoms with Crippen LogP contribution < -0.4 is 15.4 Å². The summed E-state index contributed by atoms with van der Waals surface area (Å²) in [5.41, 5.74) is 4.15. The molecule has 0 aliphatic rings. The van der Waals surface area contributed by atoms with Gasteiger partial charge in [-0.2, -0.15) is 0 Å². The Kier molecular flexibility index (Phi) is 5.69. The van der Waals surface area contributed by atoms with Crippen LogP contribution in [0.5, 0.6) is 5.75 Å². The maximum absolute atomic E-state index is 12.4. The standard InChI is InChI=1S/C22H21N3O3/c1-14-4-11-21(28-3)20(12-14)24-18-9-10-19(23-13-18)22(27)25-17-7-5-16(6-8-17)15(2)26/h4-13,24H,1-3H3,(H,25,27). The van der Waals surface area contributed by atoms with Crippen molar-refractivity contribution >= 4 is 28.8 Å². The third-order valence-corrected chi connectivity index (χ3v) is 4.18. The molecule has 0 unspecified atom stereocenters. The minimum absolute atomic E-state index is 0.0205. The molecule has 1 aromatic heterocycles. The summed E-state index contributed by atoms with van der Waals surface area (Å²) in [5, 5.41) is 6.01. The topological polar surface area (TPSA) is 80.3 Å². The number of carbonyl (C=O) groups is 2. The van der Waals surface area contributed by atoms with Crippen LogP contribution in [0.1, 0.15) is 33.3 Å². The first kappa shape index (κ1) is 19.1. The Morgan fingerprint density at radius 2 is 1.68 bits per heavy atom. The highest BCUT2D eigenvalue weighted by Crippen LogP contribution is 2.28. The van der Waals surface area contributed by atoms with E-state index >= 15 is 0 Å². The number of hydrogen-bond donors (Lipinski definition) is 2. The molecule has 142 valence electrons. The van der Waals surface area contributed by atoms with Gasteiger partial charge < -0.3 is 15.4 Å². The van der Waals surface area contributed by atoms with E-state index < -0.39 is 0 Å². The predicted molar refractivity (Wildman–Crippen MR) is 110 cm³/mol. The van der Waals surface area contributed by atoms with Crippen LogP contribution in [0.15, 0.2) is 60.8 Å². The van der Waals surface area contributed by atoms with Crippen LogP contribution in [0.4, 0.5) is 17.1 Å². The number of hydrogen-bond acceptors (Lipinski definition) is 5. The Balaban J connectivity index is 1.69. The summed E-state index contributed by atoms with van der Waals surface area (Å²) in [4.78, 5) is 27.9. The number of methoxy groups -OCH3 is 1. The van der Waals surface area contributed by atoms with E-state index in [2.05, 4.69) is 15.6 Å². The number of nitrogens with one attached hydrogen (secondary N) is 2. The first-order chi connectivity index (χ1) is 13.5. The number of nitrogens with zero attached hydrogens (tertiary/aromatic N) is 1. The third kappa shape index (κ3) is 4.54. The van der Waals surface area contributed by atoms with E-state index in [9.17, 15) is 9.59 Å². The van der Waals surface area contributed by atoms with E-state index in [1.165, 1.54) is 6.92 Å². The fourth-order valence-electron chi connectivity index (χ4n) is 2.66. The molecule has 3 aromatic rings. The molecule has 6 nitrogen and oxygen atoms in total. The van der Waals surface area contributed by atoms with Gasteiger partial charge in [0.05, 0.1) is 24.7 Å². The van der Waals surface area contributed by atoms with Crippen molar-refractivity contribution in [1.82, 2.24) is 4.98 Å². The van der Waals surface area contributed by atoms with Gasteiger partial charge in [0, 0.05) is 11.3 Å². The number of aryl methyl sites for hydroxylation is 1. The number of carbonyl (C=O) groups excluding carboxylic acids is 2. The van der Waals surface area contributed by atoms with Gasteiger partial charge in [0.1, 0.15) is 11.4 Å². The summed E-state index contributed by atoms with van der Waals surface area (Å²) in [6.45, 7) is 3.50. The maximum Gasteiger partial charge on any atom is 0.274 e. The monoisotopic (exact) mass is 375 g/mol. The third-order valence-electron chi connectivity index (χ3n) is 4.18. The van der Waals surface area contributed by atoms with Crippen molar-refractivity contribution in [2.75, 3.05) is 17.7 Å². The van der Waals surface area contributed by atoms with Crippen LogP contribution in [-0.4, -0.2) is 23.8 Å². The highest BCUT2D eigenvalue weighted by atomic mass is 16.5. The number of anilines is 3. The van der Waals surface area contributed by atoms with Crippen LogP contribution >= 0.6 is 0 Å². The summed E-state index contributed by atoms with van der Waals surface area (Å²) in [7, 11) is 1.62. The minimum Gasteiger partial charge on any atom is -0.495 e. The molecule has 0 aliphatic heterocycles. The molecule has 0 aliphatic carbocycles.